The van der Waals surface area contributed by atoms with Crippen molar-refractivity contribution < 1.29 is 23.9 Å². The van der Waals surface area contributed by atoms with Gasteiger partial charge in [0.15, 0.2) is 0 Å². The van der Waals surface area contributed by atoms with Crippen LogP contribution in [0.25, 0.3) is 10.8 Å². The summed E-state index contributed by atoms with van der Waals surface area (Å²) >= 11 is 0. The summed E-state index contributed by atoms with van der Waals surface area (Å²) in [6.45, 7) is 1.66. The number of carbonyl (C=O) groups is 3. The van der Waals surface area contributed by atoms with Crippen LogP contribution in [0.5, 0.6) is 11.5 Å². The molecule has 3 aromatic carbocycles. The first-order valence-electron chi connectivity index (χ1n) is 10.7. The number of nitrogens with two attached hydrogens (primary N) is 1. The average molecular weight is 447 g/mol. The second kappa shape index (κ2) is 9.60. The number of hydrogen-bond donors (Lipinski definition) is 1. The summed E-state index contributed by atoms with van der Waals surface area (Å²) in [6, 6.07) is 17.6. The van der Waals surface area contributed by atoms with Crippen molar-refractivity contribution >= 4 is 28.7 Å². The molecule has 8 nitrogen and oxygen atoms in total. The van der Waals surface area contributed by atoms with Gasteiger partial charge in [-0.2, -0.15) is 0 Å². The van der Waals surface area contributed by atoms with Gasteiger partial charge < -0.3 is 25.0 Å². The van der Waals surface area contributed by atoms with Crippen LogP contribution in [0.15, 0.2) is 60.7 Å². The molecule has 33 heavy (non-hydrogen) atoms. The van der Waals surface area contributed by atoms with Crippen molar-refractivity contribution in [2.45, 2.75) is 6.42 Å². The molecule has 0 radical (unpaired) electrons. The lowest BCUT2D eigenvalue weighted by Crippen LogP contribution is -2.38. The molecule has 1 aliphatic rings. The number of ether oxygens (including phenoxy) is 2. The van der Waals surface area contributed by atoms with Crippen LogP contribution < -0.4 is 15.2 Å². The first-order chi connectivity index (χ1) is 16.0. The normalized spacial score (nSPS) is 14.0. The summed E-state index contributed by atoms with van der Waals surface area (Å²) in [4.78, 5) is 41.1. The SMILES string of the molecule is COc1ccc(C(=O)N2CCCN(C(=O)Oc3ccc4ccccc4c3C(N)=O)CC2)cc1. The molecular weight excluding hydrogens is 422 g/mol. The van der Waals surface area contributed by atoms with E-state index >= 15 is 0 Å². The molecule has 3 amide bonds. The number of fused-ring (bicyclic) bond motifs is 1. The van der Waals surface area contributed by atoms with E-state index in [1.165, 1.54) is 0 Å². The first kappa shape index (κ1) is 22.1. The van der Waals surface area contributed by atoms with Crippen LogP contribution in [-0.2, 0) is 0 Å². The van der Waals surface area contributed by atoms with Gasteiger partial charge in [-0.05, 0) is 47.5 Å². The zero-order valence-corrected chi connectivity index (χ0v) is 18.3. The Labute approximate surface area is 191 Å². The lowest BCUT2D eigenvalue weighted by atomic mass is 10.0. The molecule has 1 heterocycles. The van der Waals surface area contributed by atoms with E-state index in [0.29, 0.717) is 49.3 Å². The number of amides is 3. The molecule has 170 valence electrons. The van der Waals surface area contributed by atoms with Crippen molar-refractivity contribution in [3.05, 3.63) is 71.8 Å². The third-order valence-corrected chi connectivity index (χ3v) is 5.71. The standard InChI is InChI=1S/C25H25N3O5/c1-32-19-10-7-18(8-11-19)24(30)27-13-4-14-28(16-15-27)25(31)33-21-12-9-17-5-2-3-6-20(17)22(21)23(26)29/h2-3,5-12H,4,13-16H2,1H3,(H2,26,29). The van der Waals surface area contributed by atoms with Gasteiger partial charge in [-0.15, -0.1) is 0 Å². The summed E-state index contributed by atoms with van der Waals surface area (Å²) in [6.07, 6.45) is 0.0312. The summed E-state index contributed by atoms with van der Waals surface area (Å²) in [5, 5.41) is 1.45. The Kier molecular flexibility index (Phi) is 6.44. The second-order valence-electron chi connectivity index (χ2n) is 7.75. The van der Waals surface area contributed by atoms with Gasteiger partial charge in [0, 0.05) is 31.7 Å². The van der Waals surface area contributed by atoms with Crippen molar-refractivity contribution in [1.29, 1.82) is 0 Å². The van der Waals surface area contributed by atoms with Crippen LogP contribution in [-0.4, -0.2) is 61.0 Å². The van der Waals surface area contributed by atoms with Crippen LogP contribution in [0.1, 0.15) is 27.1 Å². The Balaban J connectivity index is 1.45. The van der Waals surface area contributed by atoms with E-state index < -0.39 is 12.0 Å². The largest absolute Gasteiger partial charge is 0.497 e. The number of carbonyl (C=O) groups excluding carboxylic acids is 3. The number of methoxy groups -OCH3 is 1. The molecular formula is C25H25N3O5. The fourth-order valence-corrected chi connectivity index (χ4v) is 3.97. The predicted octanol–water partition coefficient (Wildman–Crippen LogP) is 3.29. The highest BCUT2D eigenvalue weighted by atomic mass is 16.6. The first-order valence-corrected chi connectivity index (χ1v) is 10.7. The fourth-order valence-electron chi connectivity index (χ4n) is 3.97. The highest BCUT2D eigenvalue weighted by Gasteiger charge is 2.25. The molecule has 3 aromatic rings. The Morgan fingerprint density at radius 1 is 0.848 bits per heavy atom. The van der Waals surface area contributed by atoms with Crippen molar-refractivity contribution in [2.75, 3.05) is 33.3 Å². The Hall–Kier alpha value is -4.07. The molecule has 1 aliphatic heterocycles. The average Bonchev–Trinajstić information content (AvgIpc) is 3.10. The van der Waals surface area contributed by atoms with E-state index in [1.54, 1.807) is 65.4 Å². The quantitative estimate of drug-likeness (QED) is 0.661. The van der Waals surface area contributed by atoms with Crippen LogP contribution >= 0.6 is 0 Å². The number of primary amides is 1. The number of hydrogen-bond acceptors (Lipinski definition) is 5. The second-order valence-corrected chi connectivity index (χ2v) is 7.75. The predicted molar refractivity (Wildman–Crippen MR) is 124 cm³/mol. The number of nitrogens with zero attached hydrogens (tertiary/aromatic N) is 2. The maximum atomic E-state index is 12.9. The lowest BCUT2D eigenvalue weighted by molar-refractivity contribution is 0.0759. The molecule has 1 fully saturated rings. The molecule has 0 saturated carbocycles. The van der Waals surface area contributed by atoms with E-state index in [9.17, 15) is 14.4 Å². The summed E-state index contributed by atoms with van der Waals surface area (Å²) in [5.41, 5.74) is 6.33. The van der Waals surface area contributed by atoms with Gasteiger partial charge in [-0.1, -0.05) is 30.3 Å². The molecule has 0 atom stereocenters. The Morgan fingerprint density at radius 3 is 2.27 bits per heavy atom. The molecule has 0 spiro atoms. The van der Waals surface area contributed by atoms with E-state index in [-0.39, 0.29) is 17.2 Å². The van der Waals surface area contributed by atoms with Crippen LogP contribution in [0, 0.1) is 0 Å². The van der Waals surface area contributed by atoms with E-state index in [0.717, 1.165) is 5.39 Å². The highest BCUT2D eigenvalue weighted by Crippen LogP contribution is 2.28. The van der Waals surface area contributed by atoms with E-state index in [2.05, 4.69) is 0 Å². The zero-order valence-electron chi connectivity index (χ0n) is 18.3. The van der Waals surface area contributed by atoms with Gasteiger partial charge in [0.2, 0.25) is 0 Å². The minimum absolute atomic E-state index is 0.0987. The third kappa shape index (κ3) is 4.74. The van der Waals surface area contributed by atoms with Crippen molar-refractivity contribution in [3.63, 3.8) is 0 Å². The Bertz CT molecular complexity index is 1190. The van der Waals surface area contributed by atoms with Crippen LogP contribution in [0.4, 0.5) is 4.79 Å². The van der Waals surface area contributed by atoms with E-state index in [4.69, 9.17) is 15.2 Å². The monoisotopic (exact) mass is 447 g/mol. The summed E-state index contributed by atoms with van der Waals surface area (Å²) < 4.78 is 10.7. The molecule has 0 unspecified atom stereocenters. The molecule has 8 heteroatoms. The highest BCUT2D eigenvalue weighted by molar-refractivity contribution is 6.09. The van der Waals surface area contributed by atoms with Crippen molar-refractivity contribution in [3.8, 4) is 11.5 Å². The van der Waals surface area contributed by atoms with Crippen molar-refractivity contribution in [1.82, 2.24) is 9.80 Å². The minimum atomic E-state index is -0.665. The number of benzene rings is 3. The maximum Gasteiger partial charge on any atom is 0.415 e. The summed E-state index contributed by atoms with van der Waals surface area (Å²) in [7, 11) is 1.57. The van der Waals surface area contributed by atoms with Crippen LogP contribution in [0.3, 0.4) is 0 Å². The molecule has 0 bridgehead atoms. The number of rotatable bonds is 4. The third-order valence-electron chi connectivity index (χ3n) is 5.71. The lowest BCUT2D eigenvalue weighted by Gasteiger charge is -2.22. The fraction of sp³-hybridized carbons (Fsp3) is 0.240. The van der Waals surface area contributed by atoms with Gasteiger partial charge in [-0.25, -0.2) is 4.79 Å². The van der Waals surface area contributed by atoms with E-state index in [1.807, 2.05) is 12.1 Å². The Morgan fingerprint density at radius 2 is 1.55 bits per heavy atom. The van der Waals surface area contributed by atoms with Crippen LogP contribution in [0.2, 0.25) is 0 Å². The molecule has 1 saturated heterocycles. The zero-order chi connectivity index (χ0) is 23.4. The topological polar surface area (TPSA) is 102 Å². The molecule has 0 aliphatic carbocycles. The minimum Gasteiger partial charge on any atom is -0.497 e. The molecule has 2 N–H and O–H groups in total. The van der Waals surface area contributed by atoms with Gasteiger partial charge >= 0.3 is 6.09 Å². The molecule has 0 aromatic heterocycles. The van der Waals surface area contributed by atoms with Gasteiger partial charge in [-0.3, -0.25) is 9.59 Å². The maximum absolute atomic E-state index is 12.9. The summed E-state index contributed by atoms with van der Waals surface area (Å²) in [5.74, 6) is 0.0436. The molecule has 4 rings (SSSR count). The van der Waals surface area contributed by atoms with Crippen molar-refractivity contribution in [2.24, 2.45) is 5.73 Å². The van der Waals surface area contributed by atoms with Gasteiger partial charge in [0.25, 0.3) is 11.8 Å². The van der Waals surface area contributed by atoms with Gasteiger partial charge in [0.1, 0.15) is 11.5 Å². The smallest absolute Gasteiger partial charge is 0.415 e. The van der Waals surface area contributed by atoms with Gasteiger partial charge in [0.05, 0.1) is 12.7 Å².